The van der Waals surface area contributed by atoms with Crippen LogP contribution >= 0.6 is 0 Å². The summed E-state index contributed by atoms with van der Waals surface area (Å²) in [7, 11) is 2.88. The number of carbonyl (C=O) groups excluding carboxylic acids is 2. The minimum absolute atomic E-state index is 0.181. The van der Waals surface area contributed by atoms with Crippen molar-refractivity contribution in [1.82, 2.24) is 25.0 Å². The quantitative estimate of drug-likeness (QED) is 0.511. The maximum absolute atomic E-state index is 13.3. The monoisotopic (exact) mass is 519 g/mol. The van der Waals surface area contributed by atoms with Crippen LogP contribution in [0.2, 0.25) is 0 Å². The Bertz CT molecular complexity index is 1250. The third-order valence-corrected chi connectivity index (χ3v) is 5.89. The molecule has 0 saturated carbocycles. The van der Waals surface area contributed by atoms with E-state index in [9.17, 15) is 22.8 Å². The van der Waals surface area contributed by atoms with Crippen molar-refractivity contribution >= 4 is 11.8 Å². The fourth-order valence-electron chi connectivity index (χ4n) is 4.17. The first-order valence-corrected chi connectivity index (χ1v) is 11.2. The molecule has 1 aliphatic heterocycles. The highest BCUT2D eigenvalue weighted by Crippen LogP contribution is 2.29. The molecule has 2 unspecified atom stereocenters. The van der Waals surface area contributed by atoms with Gasteiger partial charge in [-0.2, -0.15) is 5.10 Å². The molecule has 196 valence electrons. The summed E-state index contributed by atoms with van der Waals surface area (Å²) in [6, 6.07) is 7.33. The van der Waals surface area contributed by atoms with Gasteiger partial charge < -0.3 is 24.4 Å². The normalized spacial score (nSPS) is 17.7. The summed E-state index contributed by atoms with van der Waals surface area (Å²) in [6.07, 6.45) is 0.0165. The number of halogens is 3. The number of aromatic nitrogens is 3. The van der Waals surface area contributed by atoms with E-state index in [0.717, 1.165) is 6.07 Å². The Labute approximate surface area is 209 Å². The SMILES string of the molecule is COc1cc(C(=O)N2CCC(NC(=O)c3ccccc3OC(F)(F)F)C(n3cccn3)C2)cnc1OC. The average molecular weight is 519 g/mol. The molecular formula is C24H24F3N5O5. The third-order valence-electron chi connectivity index (χ3n) is 5.89. The number of pyridine rings is 1. The number of nitrogens with one attached hydrogen (secondary N) is 1. The number of nitrogens with zero attached hydrogens (tertiary/aromatic N) is 4. The summed E-state index contributed by atoms with van der Waals surface area (Å²) in [4.78, 5) is 32.0. The van der Waals surface area contributed by atoms with Gasteiger partial charge in [0.25, 0.3) is 17.7 Å². The molecule has 1 N–H and O–H groups in total. The Balaban J connectivity index is 1.54. The summed E-state index contributed by atoms with van der Waals surface area (Å²) in [5, 5.41) is 7.06. The predicted molar refractivity (Wildman–Crippen MR) is 124 cm³/mol. The van der Waals surface area contributed by atoms with Gasteiger partial charge in [0.15, 0.2) is 5.75 Å². The van der Waals surface area contributed by atoms with Gasteiger partial charge in [-0.1, -0.05) is 12.1 Å². The summed E-state index contributed by atoms with van der Waals surface area (Å²) in [5.74, 6) is -1.09. The van der Waals surface area contributed by atoms with Crippen LogP contribution in [0.15, 0.2) is 55.0 Å². The van der Waals surface area contributed by atoms with Crippen molar-refractivity contribution in [1.29, 1.82) is 0 Å². The minimum Gasteiger partial charge on any atom is -0.491 e. The zero-order valence-electron chi connectivity index (χ0n) is 19.9. The summed E-state index contributed by atoms with van der Waals surface area (Å²) < 4.78 is 54.4. The zero-order chi connectivity index (χ0) is 26.6. The number of carbonyl (C=O) groups is 2. The van der Waals surface area contributed by atoms with Gasteiger partial charge in [-0.25, -0.2) is 4.98 Å². The first-order valence-electron chi connectivity index (χ1n) is 11.2. The van der Waals surface area contributed by atoms with Crippen LogP contribution in [0.3, 0.4) is 0 Å². The fourth-order valence-corrected chi connectivity index (χ4v) is 4.17. The number of likely N-dealkylation sites (tertiary alicyclic amines) is 1. The van der Waals surface area contributed by atoms with E-state index in [-0.39, 0.29) is 36.0 Å². The van der Waals surface area contributed by atoms with Crippen molar-refractivity contribution in [2.75, 3.05) is 27.3 Å². The molecule has 0 radical (unpaired) electrons. The number of ether oxygens (including phenoxy) is 3. The molecule has 1 fully saturated rings. The van der Waals surface area contributed by atoms with Gasteiger partial charge in [-0.05, 0) is 24.6 Å². The maximum Gasteiger partial charge on any atom is 0.573 e. The minimum atomic E-state index is -4.95. The van der Waals surface area contributed by atoms with Crippen LogP contribution in [-0.4, -0.2) is 71.2 Å². The van der Waals surface area contributed by atoms with Gasteiger partial charge >= 0.3 is 6.36 Å². The Hall–Kier alpha value is -4.29. The van der Waals surface area contributed by atoms with Crippen molar-refractivity contribution in [3.63, 3.8) is 0 Å². The van der Waals surface area contributed by atoms with E-state index in [0.29, 0.717) is 12.2 Å². The molecule has 1 saturated heterocycles. The Kier molecular flexibility index (Phi) is 7.50. The van der Waals surface area contributed by atoms with Gasteiger partial charge in [-0.3, -0.25) is 14.3 Å². The molecule has 2 atom stereocenters. The second-order valence-electron chi connectivity index (χ2n) is 8.15. The smallest absolute Gasteiger partial charge is 0.491 e. The van der Waals surface area contributed by atoms with Gasteiger partial charge in [0, 0.05) is 37.7 Å². The first-order chi connectivity index (χ1) is 17.7. The standard InChI is InChI=1S/C24H24F3N5O5/c1-35-20-12-15(13-28-22(20)36-2)23(34)31-11-8-17(18(14-31)32-10-5-9-29-32)30-21(33)16-6-3-4-7-19(16)37-24(25,26)27/h3-7,9-10,12-13,17-18H,8,11,14H2,1-2H3,(H,30,33). The largest absolute Gasteiger partial charge is 0.573 e. The van der Waals surface area contributed by atoms with Crippen LogP contribution in [0.1, 0.15) is 33.2 Å². The van der Waals surface area contributed by atoms with Crippen LogP contribution < -0.4 is 19.5 Å². The van der Waals surface area contributed by atoms with E-state index in [2.05, 4.69) is 20.1 Å². The maximum atomic E-state index is 13.3. The van der Waals surface area contributed by atoms with Gasteiger partial charge in [0.2, 0.25) is 0 Å². The summed E-state index contributed by atoms with van der Waals surface area (Å²) in [5.41, 5.74) is 0.0338. The number of benzene rings is 1. The lowest BCUT2D eigenvalue weighted by Crippen LogP contribution is -2.53. The number of amides is 2. The van der Waals surface area contributed by atoms with E-state index in [4.69, 9.17) is 9.47 Å². The Morgan fingerprint density at radius 2 is 1.89 bits per heavy atom. The van der Waals surface area contributed by atoms with Gasteiger partial charge in [0.1, 0.15) is 5.75 Å². The average Bonchev–Trinajstić information content (AvgIpc) is 3.42. The highest BCUT2D eigenvalue weighted by Gasteiger charge is 2.36. The highest BCUT2D eigenvalue weighted by atomic mass is 19.4. The number of methoxy groups -OCH3 is 2. The van der Waals surface area contributed by atoms with Crippen molar-refractivity contribution in [3.05, 3.63) is 66.1 Å². The molecule has 3 aromatic rings. The van der Waals surface area contributed by atoms with E-state index >= 15 is 0 Å². The molecule has 2 amide bonds. The third kappa shape index (κ3) is 5.93. The number of para-hydroxylation sites is 1. The molecule has 1 aromatic carbocycles. The molecule has 4 rings (SSSR count). The van der Waals surface area contributed by atoms with Crippen molar-refractivity contribution < 1.29 is 37.0 Å². The fraction of sp³-hybridized carbons (Fsp3) is 0.333. The molecule has 13 heteroatoms. The number of piperidine rings is 1. The van der Waals surface area contributed by atoms with Crippen LogP contribution in [0.4, 0.5) is 13.2 Å². The van der Waals surface area contributed by atoms with E-state index < -0.39 is 30.1 Å². The van der Waals surface area contributed by atoms with Crippen LogP contribution in [0, 0.1) is 0 Å². The number of hydrogen-bond acceptors (Lipinski definition) is 7. The number of rotatable bonds is 7. The lowest BCUT2D eigenvalue weighted by Gasteiger charge is -2.39. The van der Waals surface area contributed by atoms with Gasteiger partial charge in [0.05, 0.1) is 37.4 Å². The predicted octanol–water partition coefficient (Wildman–Crippen LogP) is 3.08. The molecule has 0 spiro atoms. The van der Waals surface area contributed by atoms with Crippen molar-refractivity contribution in [3.8, 4) is 17.4 Å². The van der Waals surface area contributed by atoms with Crippen LogP contribution in [0.25, 0.3) is 0 Å². The van der Waals surface area contributed by atoms with E-state index in [1.54, 1.807) is 28.0 Å². The molecule has 1 aliphatic rings. The molecule has 2 aromatic heterocycles. The second-order valence-corrected chi connectivity index (χ2v) is 8.15. The summed E-state index contributed by atoms with van der Waals surface area (Å²) >= 11 is 0. The molecular weight excluding hydrogens is 495 g/mol. The van der Waals surface area contributed by atoms with Crippen LogP contribution in [0.5, 0.6) is 17.4 Å². The first kappa shape index (κ1) is 25.8. The van der Waals surface area contributed by atoms with E-state index in [1.807, 2.05) is 0 Å². The lowest BCUT2D eigenvalue weighted by molar-refractivity contribution is -0.274. The molecule has 10 nitrogen and oxygen atoms in total. The van der Waals surface area contributed by atoms with Crippen LogP contribution in [-0.2, 0) is 0 Å². The highest BCUT2D eigenvalue weighted by molar-refractivity contribution is 5.97. The number of alkyl halides is 3. The van der Waals surface area contributed by atoms with Gasteiger partial charge in [-0.15, -0.1) is 13.2 Å². The molecule has 3 heterocycles. The van der Waals surface area contributed by atoms with Crippen molar-refractivity contribution in [2.45, 2.75) is 24.9 Å². The topological polar surface area (TPSA) is 108 Å². The zero-order valence-corrected chi connectivity index (χ0v) is 19.9. The Morgan fingerprint density at radius 1 is 1.11 bits per heavy atom. The second kappa shape index (κ2) is 10.8. The number of hydrogen-bond donors (Lipinski definition) is 1. The van der Waals surface area contributed by atoms with E-state index in [1.165, 1.54) is 44.7 Å². The lowest BCUT2D eigenvalue weighted by atomic mass is 9.97. The summed E-state index contributed by atoms with van der Waals surface area (Å²) in [6.45, 7) is 0.455. The van der Waals surface area contributed by atoms with Crippen molar-refractivity contribution in [2.24, 2.45) is 0 Å². The molecule has 0 aliphatic carbocycles. The Morgan fingerprint density at radius 3 is 2.57 bits per heavy atom. The molecule has 37 heavy (non-hydrogen) atoms. The molecule has 0 bridgehead atoms.